The highest BCUT2D eigenvalue weighted by molar-refractivity contribution is 5.79. The van der Waals surface area contributed by atoms with E-state index in [1.807, 2.05) is 19.1 Å². The lowest BCUT2D eigenvalue weighted by Gasteiger charge is -2.18. The minimum Gasteiger partial charge on any atom is -0.497 e. The molecule has 1 aromatic rings. The van der Waals surface area contributed by atoms with Gasteiger partial charge in [-0.05, 0) is 18.9 Å². The molecular formula is C15H23NO3. The maximum atomic E-state index is 12.0. The summed E-state index contributed by atoms with van der Waals surface area (Å²) in [5.41, 5.74) is 0.858. The summed E-state index contributed by atoms with van der Waals surface area (Å²) in [7, 11) is 3.19. The van der Waals surface area contributed by atoms with E-state index in [0.717, 1.165) is 11.3 Å². The van der Waals surface area contributed by atoms with Crippen molar-refractivity contribution in [3.05, 3.63) is 23.8 Å². The Bertz CT molecular complexity index is 429. The Labute approximate surface area is 115 Å². The molecule has 19 heavy (non-hydrogen) atoms. The number of methoxy groups -OCH3 is 2. The lowest BCUT2D eigenvalue weighted by molar-refractivity contribution is -0.121. The number of amides is 1. The van der Waals surface area contributed by atoms with Crippen LogP contribution in [0.1, 0.15) is 26.3 Å². The van der Waals surface area contributed by atoms with Gasteiger partial charge in [-0.3, -0.25) is 4.79 Å². The number of rotatable bonds is 6. The van der Waals surface area contributed by atoms with Crippen LogP contribution in [0.3, 0.4) is 0 Å². The summed E-state index contributed by atoms with van der Waals surface area (Å²) in [5.74, 6) is 1.81. The van der Waals surface area contributed by atoms with Crippen molar-refractivity contribution in [3.8, 4) is 11.5 Å². The van der Waals surface area contributed by atoms with Crippen molar-refractivity contribution in [1.82, 2.24) is 5.32 Å². The largest absolute Gasteiger partial charge is 0.497 e. The highest BCUT2D eigenvalue weighted by atomic mass is 16.5. The van der Waals surface area contributed by atoms with Crippen molar-refractivity contribution >= 4 is 5.91 Å². The standard InChI is InChI=1S/C15H23NO3/c1-10(2)11(3)16-15(17)8-12-6-7-13(18-4)9-14(12)19-5/h6-7,9-11H,8H2,1-5H3,(H,16,17). The first-order valence-corrected chi connectivity index (χ1v) is 6.48. The quantitative estimate of drug-likeness (QED) is 0.859. The average molecular weight is 265 g/mol. The van der Waals surface area contributed by atoms with Crippen molar-refractivity contribution in [2.24, 2.45) is 5.92 Å². The minimum atomic E-state index is 0.00432. The van der Waals surface area contributed by atoms with E-state index in [2.05, 4.69) is 19.2 Å². The van der Waals surface area contributed by atoms with Gasteiger partial charge in [-0.1, -0.05) is 19.9 Å². The number of carbonyl (C=O) groups excluding carboxylic acids is 1. The summed E-state index contributed by atoms with van der Waals surface area (Å²) in [6.45, 7) is 6.17. The summed E-state index contributed by atoms with van der Waals surface area (Å²) >= 11 is 0. The number of nitrogens with one attached hydrogen (secondary N) is 1. The van der Waals surface area contributed by atoms with Crippen molar-refractivity contribution < 1.29 is 14.3 Å². The fourth-order valence-corrected chi connectivity index (χ4v) is 1.64. The maximum absolute atomic E-state index is 12.0. The second-order valence-corrected chi connectivity index (χ2v) is 4.95. The first kappa shape index (κ1) is 15.3. The van der Waals surface area contributed by atoms with E-state index in [-0.39, 0.29) is 11.9 Å². The monoisotopic (exact) mass is 265 g/mol. The van der Waals surface area contributed by atoms with Crippen LogP contribution in [-0.2, 0) is 11.2 Å². The molecule has 1 rings (SSSR count). The second-order valence-electron chi connectivity index (χ2n) is 4.95. The zero-order valence-electron chi connectivity index (χ0n) is 12.3. The molecule has 1 atom stereocenters. The highest BCUT2D eigenvalue weighted by Gasteiger charge is 2.13. The van der Waals surface area contributed by atoms with E-state index in [1.54, 1.807) is 20.3 Å². The Kier molecular flexibility index (Phi) is 5.67. The van der Waals surface area contributed by atoms with Gasteiger partial charge in [0.1, 0.15) is 11.5 Å². The van der Waals surface area contributed by atoms with Gasteiger partial charge < -0.3 is 14.8 Å². The van der Waals surface area contributed by atoms with Crippen LogP contribution in [0.2, 0.25) is 0 Å². The predicted octanol–water partition coefficient (Wildman–Crippen LogP) is 2.41. The molecule has 0 bridgehead atoms. The van der Waals surface area contributed by atoms with Crippen LogP contribution in [-0.4, -0.2) is 26.2 Å². The molecule has 0 aromatic heterocycles. The Hall–Kier alpha value is -1.71. The fraction of sp³-hybridized carbons (Fsp3) is 0.533. The average Bonchev–Trinajstić information content (AvgIpc) is 2.38. The molecule has 0 radical (unpaired) electrons. The number of carbonyl (C=O) groups is 1. The van der Waals surface area contributed by atoms with Crippen molar-refractivity contribution in [3.63, 3.8) is 0 Å². The molecule has 0 saturated carbocycles. The molecule has 0 fully saturated rings. The summed E-state index contributed by atoms with van der Waals surface area (Å²) < 4.78 is 10.4. The zero-order chi connectivity index (χ0) is 14.4. The molecule has 1 aromatic carbocycles. The van der Waals surface area contributed by atoms with E-state index < -0.39 is 0 Å². The molecule has 1 unspecified atom stereocenters. The van der Waals surface area contributed by atoms with E-state index >= 15 is 0 Å². The van der Waals surface area contributed by atoms with Crippen LogP contribution in [0.5, 0.6) is 11.5 Å². The summed E-state index contributed by atoms with van der Waals surface area (Å²) in [6, 6.07) is 5.64. The molecular weight excluding hydrogens is 242 g/mol. The van der Waals surface area contributed by atoms with Gasteiger partial charge in [0.15, 0.2) is 0 Å². The van der Waals surface area contributed by atoms with Gasteiger partial charge in [-0.15, -0.1) is 0 Å². The van der Waals surface area contributed by atoms with E-state index in [0.29, 0.717) is 18.1 Å². The highest BCUT2D eigenvalue weighted by Crippen LogP contribution is 2.24. The second kappa shape index (κ2) is 7.02. The molecule has 106 valence electrons. The Morgan fingerprint density at radius 1 is 1.21 bits per heavy atom. The molecule has 0 heterocycles. The normalized spacial score (nSPS) is 12.1. The maximum Gasteiger partial charge on any atom is 0.224 e. The van der Waals surface area contributed by atoms with Gasteiger partial charge in [0.05, 0.1) is 20.6 Å². The minimum absolute atomic E-state index is 0.00432. The molecule has 1 N–H and O–H groups in total. The van der Waals surface area contributed by atoms with Gasteiger partial charge in [0, 0.05) is 17.7 Å². The Balaban J connectivity index is 2.73. The molecule has 0 saturated heterocycles. The number of benzene rings is 1. The fourth-order valence-electron chi connectivity index (χ4n) is 1.64. The smallest absolute Gasteiger partial charge is 0.224 e. The van der Waals surface area contributed by atoms with Crippen LogP contribution in [0, 0.1) is 5.92 Å². The van der Waals surface area contributed by atoms with E-state index in [9.17, 15) is 4.79 Å². The van der Waals surface area contributed by atoms with Crippen molar-refractivity contribution in [1.29, 1.82) is 0 Å². The molecule has 0 aliphatic heterocycles. The Morgan fingerprint density at radius 2 is 1.89 bits per heavy atom. The van der Waals surface area contributed by atoms with E-state index in [4.69, 9.17) is 9.47 Å². The van der Waals surface area contributed by atoms with Crippen molar-refractivity contribution in [2.45, 2.75) is 33.2 Å². The molecule has 0 aliphatic carbocycles. The Morgan fingerprint density at radius 3 is 2.42 bits per heavy atom. The van der Waals surface area contributed by atoms with Crippen LogP contribution < -0.4 is 14.8 Å². The molecule has 0 aliphatic rings. The van der Waals surface area contributed by atoms with Gasteiger partial charge in [-0.2, -0.15) is 0 Å². The zero-order valence-corrected chi connectivity index (χ0v) is 12.3. The third-order valence-corrected chi connectivity index (χ3v) is 3.23. The van der Waals surface area contributed by atoms with Gasteiger partial charge >= 0.3 is 0 Å². The lowest BCUT2D eigenvalue weighted by Crippen LogP contribution is -2.37. The first-order chi connectivity index (χ1) is 8.97. The van der Waals surface area contributed by atoms with Crippen LogP contribution in [0.15, 0.2) is 18.2 Å². The number of hydrogen-bond donors (Lipinski definition) is 1. The first-order valence-electron chi connectivity index (χ1n) is 6.48. The van der Waals surface area contributed by atoms with Gasteiger partial charge in [-0.25, -0.2) is 0 Å². The van der Waals surface area contributed by atoms with Crippen molar-refractivity contribution in [2.75, 3.05) is 14.2 Å². The third-order valence-electron chi connectivity index (χ3n) is 3.23. The lowest BCUT2D eigenvalue weighted by atomic mass is 10.1. The molecule has 0 spiro atoms. The third kappa shape index (κ3) is 4.47. The number of hydrogen-bond acceptors (Lipinski definition) is 3. The van der Waals surface area contributed by atoms with E-state index in [1.165, 1.54) is 0 Å². The van der Waals surface area contributed by atoms with Crippen LogP contribution >= 0.6 is 0 Å². The summed E-state index contributed by atoms with van der Waals surface area (Å²) in [4.78, 5) is 12.0. The molecule has 4 nitrogen and oxygen atoms in total. The predicted molar refractivity (Wildman–Crippen MR) is 75.7 cm³/mol. The number of ether oxygens (including phenoxy) is 2. The molecule has 1 amide bonds. The topological polar surface area (TPSA) is 47.6 Å². The summed E-state index contributed by atoms with van der Waals surface area (Å²) in [6.07, 6.45) is 0.310. The molecule has 4 heteroatoms. The van der Waals surface area contributed by atoms with Gasteiger partial charge in [0.25, 0.3) is 0 Å². The van der Waals surface area contributed by atoms with Crippen LogP contribution in [0.25, 0.3) is 0 Å². The SMILES string of the molecule is COc1ccc(CC(=O)NC(C)C(C)C)c(OC)c1. The van der Waals surface area contributed by atoms with Gasteiger partial charge in [0.2, 0.25) is 5.91 Å². The summed E-state index contributed by atoms with van der Waals surface area (Å²) in [5, 5.41) is 2.98. The van der Waals surface area contributed by atoms with Crippen LogP contribution in [0.4, 0.5) is 0 Å².